The lowest BCUT2D eigenvalue weighted by Gasteiger charge is -1.91. The zero-order chi connectivity index (χ0) is 6.41. The van der Waals surface area contributed by atoms with Crippen molar-refractivity contribution in [1.29, 1.82) is 0 Å². The Balaban J connectivity index is 3.07. The summed E-state index contributed by atoms with van der Waals surface area (Å²) in [6.45, 7) is 2.11. The number of nitrogens with two attached hydrogens (primary N) is 1. The van der Waals surface area contributed by atoms with Crippen molar-refractivity contribution in [2.24, 2.45) is 5.73 Å². The van der Waals surface area contributed by atoms with Gasteiger partial charge in [-0.2, -0.15) is 0 Å². The van der Waals surface area contributed by atoms with Gasteiger partial charge in [0, 0.05) is 12.6 Å². The summed E-state index contributed by atoms with van der Waals surface area (Å²) in [7, 11) is 0. The number of aliphatic hydroxyl groups excluding tert-OH is 1. The van der Waals surface area contributed by atoms with Gasteiger partial charge >= 0.3 is 0 Å². The molecule has 0 spiro atoms. The van der Waals surface area contributed by atoms with E-state index in [1.54, 1.807) is 0 Å². The minimum atomic E-state index is 0.113. The van der Waals surface area contributed by atoms with E-state index in [1.807, 2.05) is 19.1 Å². The summed E-state index contributed by atoms with van der Waals surface area (Å²) in [6, 6.07) is 0.113. The quantitative estimate of drug-likeness (QED) is 0.519. The Morgan fingerprint density at radius 3 is 2.75 bits per heavy atom. The van der Waals surface area contributed by atoms with Crippen LogP contribution >= 0.6 is 0 Å². The molecule has 3 N–H and O–H groups in total. The number of hydrogen-bond acceptors (Lipinski definition) is 2. The average molecular weight is 115 g/mol. The Kier molecular flexibility index (Phi) is 4.61. The predicted molar refractivity (Wildman–Crippen MR) is 34.5 cm³/mol. The second-order valence-electron chi connectivity index (χ2n) is 1.80. The second kappa shape index (κ2) is 4.81. The lowest BCUT2D eigenvalue weighted by molar-refractivity contribution is 0.302. The van der Waals surface area contributed by atoms with Gasteiger partial charge in [0.25, 0.3) is 0 Å². The van der Waals surface area contributed by atoms with Crippen LogP contribution in [0, 0.1) is 0 Å². The summed E-state index contributed by atoms with van der Waals surface area (Å²) >= 11 is 0. The van der Waals surface area contributed by atoms with Crippen molar-refractivity contribution in [3.05, 3.63) is 12.2 Å². The maximum Gasteiger partial charge on any atom is 0.0465 e. The minimum absolute atomic E-state index is 0.113. The molecule has 0 bridgehead atoms. The highest BCUT2D eigenvalue weighted by Crippen LogP contribution is 1.82. The molecule has 8 heavy (non-hydrogen) atoms. The molecule has 0 heterocycles. The molecule has 0 rings (SSSR count). The molecule has 0 aromatic rings. The summed E-state index contributed by atoms with van der Waals surface area (Å²) in [4.78, 5) is 0. The molecule has 2 nitrogen and oxygen atoms in total. The van der Waals surface area contributed by atoms with Crippen LogP contribution in [0.1, 0.15) is 13.3 Å². The molecule has 0 aromatic heterocycles. The van der Waals surface area contributed by atoms with E-state index < -0.39 is 0 Å². The molecule has 0 aromatic carbocycles. The van der Waals surface area contributed by atoms with Crippen molar-refractivity contribution in [2.45, 2.75) is 19.4 Å². The molecule has 0 aliphatic rings. The molecular formula is C6H13NO. The summed E-state index contributed by atoms with van der Waals surface area (Å²) in [5, 5.41) is 8.29. The van der Waals surface area contributed by atoms with Crippen LogP contribution in [0.5, 0.6) is 0 Å². The van der Waals surface area contributed by atoms with E-state index in [-0.39, 0.29) is 12.6 Å². The third-order valence-corrected chi connectivity index (χ3v) is 0.735. The van der Waals surface area contributed by atoms with Crippen LogP contribution in [0.4, 0.5) is 0 Å². The lowest BCUT2D eigenvalue weighted by atomic mass is 10.3. The van der Waals surface area contributed by atoms with Gasteiger partial charge in [-0.25, -0.2) is 0 Å². The van der Waals surface area contributed by atoms with Gasteiger partial charge in [0.2, 0.25) is 0 Å². The first-order valence-electron chi connectivity index (χ1n) is 2.80. The Morgan fingerprint density at radius 1 is 1.75 bits per heavy atom. The van der Waals surface area contributed by atoms with E-state index in [1.165, 1.54) is 0 Å². The van der Waals surface area contributed by atoms with Crippen molar-refractivity contribution in [2.75, 3.05) is 6.61 Å². The molecule has 48 valence electrons. The minimum Gasteiger partial charge on any atom is -0.396 e. The fourth-order valence-electron chi connectivity index (χ4n) is 0.385. The number of aliphatic hydroxyl groups is 1. The maximum atomic E-state index is 8.29. The highest BCUT2D eigenvalue weighted by atomic mass is 16.2. The summed E-state index contributed by atoms with van der Waals surface area (Å²) in [5.41, 5.74) is 5.36. The fourth-order valence-corrected chi connectivity index (χ4v) is 0.385. The predicted octanol–water partition coefficient (Wildman–Crippen LogP) is 0.272. The van der Waals surface area contributed by atoms with Gasteiger partial charge in [-0.1, -0.05) is 12.2 Å². The third-order valence-electron chi connectivity index (χ3n) is 0.735. The summed E-state index contributed by atoms with van der Waals surface area (Å²) in [5.74, 6) is 0. The van der Waals surface area contributed by atoms with Gasteiger partial charge in [-0.15, -0.1) is 0 Å². The van der Waals surface area contributed by atoms with E-state index in [0.29, 0.717) is 6.42 Å². The van der Waals surface area contributed by atoms with Crippen LogP contribution in [0.25, 0.3) is 0 Å². The highest BCUT2D eigenvalue weighted by Gasteiger charge is 1.80. The van der Waals surface area contributed by atoms with Crippen LogP contribution in [0.2, 0.25) is 0 Å². The smallest absolute Gasteiger partial charge is 0.0465 e. The largest absolute Gasteiger partial charge is 0.396 e. The maximum absolute atomic E-state index is 8.29. The van der Waals surface area contributed by atoms with E-state index in [4.69, 9.17) is 10.8 Å². The zero-order valence-corrected chi connectivity index (χ0v) is 5.17. The monoisotopic (exact) mass is 115 g/mol. The van der Waals surface area contributed by atoms with Crippen molar-refractivity contribution < 1.29 is 5.11 Å². The molecule has 1 unspecified atom stereocenters. The van der Waals surface area contributed by atoms with E-state index in [2.05, 4.69) is 0 Å². The number of rotatable bonds is 3. The van der Waals surface area contributed by atoms with Crippen molar-refractivity contribution >= 4 is 0 Å². The van der Waals surface area contributed by atoms with Gasteiger partial charge in [0.1, 0.15) is 0 Å². The molecule has 0 amide bonds. The zero-order valence-electron chi connectivity index (χ0n) is 5.17. The standard InChI is InChI=1S/C6H13NO/c1-6(7)4-2-3-5-8/h2,4,6,8H,3,5,7H2,1H3. The first kappa shape index (κ1) is 7.66. The van der Waals surface area contributed by atoms with Gasteiger partial charge in [0.15, 0.2) is 0 Å². The number of hydrogen-bond donors (Lipinski definition) is 2. The van der Waals surface area contributed by atoms with Gasteiger partial charge in [0.05, 0.1) is 0 Å². The third kappa shape index (κ3) is 5.66. The normalized spacial score (nSPS) is 14.9. The molecule has 2 heteroatoms. The van der Waals surface area contributed by atoms with Crippen LogP contribution < -0.4 is 5.73 Å². The lowest BCUT2D eigenvalue weighted by Crippen LogP contribution is -2.10. The first-order chi connectivity index (χ1) is 3.77. The van der Waals surface area contributed by atoms with Crippen LogP contribution in [0.15, 0.2) is 12.2 Å². The Morgan fingerprint density at radius 2 is 2.38 bits per heavy atom. The first-order valence-corrected chi connectivity index (χ1v) is 2.80. The second-order valence-corrected chi connectivity index (χ2v) is 1.80. The average Bonchev–Trinajstić information content (AvgIpc) is 1.66. The van der Waals surface area contributed by atoms with Crippen molar-refractivity contribution in [1.82, 2.24) is 0 Å². The highest BCUT2D eigenvalue weighted by molar-refractivity contribution is 4.88. The van der Waals surface area contributed by atoms with Gasteiger partial charge < -0.3 is 10.8 Å². The van der Waals surface area contributed by atoms with Crippen molar-refractivity contribution in [3.8, 4) is 0 Å². The molecule has 0 aliphatic carbocycles. The van der Waals surface area contributed by atoms with Gasteiger partial charge in [-0.05, 0) is 13.3 Å². The molecule has 0 saturated carbocycles. The Hall–Kier alpha value is -0.340. The SMILES string of the molecule is CC(N)C=CCCO. The van der Waals surface area contributed by atoms with Crippen LogP contribution in [-0.2, 0) is 0 Å². The van der Waals surface area contributed by atoms with Crippen LogP contribution in [-0.4, -0.2) is 17.8 Å². The van der Waals surface area contributed by atoms with E-state index >= 15 is 0 Å². The Bertz CT molecular complexity index is 68.9. The van der Waals surface area contributed by atoms with Gasteiger partial charge in [-0.3, -0.25) is 0 Å². The molecule has 0 fully saturated rings. The molecule has 0 aliphatic heterocycles. The molecule has 1 atom stereocenters. The van der Waals surface area contributed by atoms with E-state index in [0.717, 1.165) is 0 Å². The van der Waals surface area contributed by atoms with Crippen molar-refractivity contribution in [3.63, 3.8) is 0 Å². The summed E-state index contributed by atoms with van der Waals surface area (Å²) in [6.07, 6.45) is 4.46. The fraction of sp³-hybridized carbons (Fsp3) is 0.667. The summed E-state index contributed by atoms with van der Waals surface area (Å²) < 4.78 is 0. The molecular weight excluding hydrogens is 102 g/mol. The topological polar surface area (TPSA) is 46.2 Å². The van der Waals surface area contributed by atoms with Crippen LogP contribution in [0.3, 0.4) is 0 Å². The van der Waals surface area contributed by atoms with E-state index in [9.17, 15) is 0 Å². The molecule has 0 saturated heterocycles. The Labute approximate surface area is 50.0 Å². The molecule has 0 radical (unpaired) electrons.